The Balaban J connectivity index is 1.54. The highest BCUT2D eigenvalue weighted by Crippen LogP contribution is 2.27. The van der Waals surface area contributed by atoms with Gasteiger partial charge in [0.15, 0.2) is 0 Å². The lowest BCUT2D eigenvalue weighted by Crippen LogP contribution is -2.31. The summed E-state index contributed by atoms with van der Waals surface area (Å²) in [6.45, 7) is -0.0161. The first-order chi connectivity index (χ1) is 15.3. The van der Waals surface area contributed by atoms with Crippen molar-refractivity contribution in [3.63, 3.8) is 0 Å². The molecule has 0 saturated carbocycles. The number of nitro groups is 1. The highest BCUT2D eigenvalue weighted by molar-refractivity contribution is 6.21. The molecule has 4 amide bonds. The summed E-state index contributed by atoms with van der Waals surface area (Å²) in [4.78, 5) is 59.8. The topological polar surface area (TPSA) is 163 Å². The van der Waals surface area contributed by atoms with E-state index in [-0.39, 0.29) is 48.5 Å². The van der Waals surface area contributed by atoms with Crippen molar-refractivity contribution < 1.29 is 24.1 Å². The Morgan fingerprint density at radius 3 is 2.31 bits per heavy atom. The Morgan fingerprint density at radius 2 is 1.66 bits per heavy atom. The van der Waals surface area contributed by atoms with Gasteiger partial charge in [-0.25, -0.2) is 0 Å². The van der Waals surface area contributed by atoms with Gasteiger partial charge >= 0.3 is 0 Å². The maximum Gasteiger partial charge on any atom is 0.270 e. The number of carbonyl (C=O) groups is 4. The zero-order valence-corrected chi connectivity index (χ0v) is 16.7. The van der Waals surface area contributed by atoms with Crippen LogP contribution in [0.5, 0.6) is 0 Å². The van der Waals surface area contributed by atoms with E-state index in [4.69, 9.17) is 5.26 Å². The molecule has 3 rings (SSSR count). The molecule has 1 heterocycles. The summed E-state index contributed by atoms with van der Waals surface area (Å²) in [7, 11) is 0. The molecule has 1 aliphatic heterocycles. The summed E-state index contributed by atoms with van der Waals surface area (Å²) >= 11 is 0. The van der Waals surface area contributed by atoms with Crippen LogP contribution in [0.3, 0.4) is 0 Å². The lowest BCUT2D eigenvalue weighted by Gasteiger charge is -2.13. The highest BCUT2D eigenvalue weighted by Gasteiger charge is 2.36. The average Bonchev–Trinajstić information content (AvgIpc) is 2.98. The number of rotatable bonds is 8. The number of imide groups is 1. The predicted octanol–water partition coefficient (Wildman–Crippen LogP) is 2.46. The van der Waals surface area contributed by atoms with Crippen LogP contribution in [0.15, 0.2) is 42.5 Å². The standard InChI is InChI=1S/C21H17N5O6/c22-9-8-19(28)24-14-4-1-3-13(11-14)23-18(27)5-2-10-25-20(29)16-7-6-15(26(31)32)12-17(16)21(25)30/h1,3-4,6-7,11-12H,2,5,8,10H2,(H,23,27)(H,24,28). The van der Waals surface area contributed by atoms with Crippen LogP contribution in [0.4, 0.5) is 17.1 Å². The number of nitrogens with one attached hydrogen (secondary N) is 2. The predicted molar refractivity (Wildman–Crippen MR) is 112 cm³/mol. The quantitative estimate of drug-likeness (QED) is 0.365. The maximum atomic E-state index is 12.4. The molecule has 1 aliphatic rings. The van der Waals surface area contributed by atoms with Crippen molar-refractivity contribution in [3.05, 3.63) is 63.7 Å². The van der Waals surface area contributed by atoms with Gasteiger partial charge in [-0.1, -0.05) is 6.07 Å². The van der Waals surface area contributed by atoms with Crippen molar-refractivity contribution in [3.8, 4) is 6.07 Å². The van der Waals surface area contributed by atoms with Gasteiger partial charge in [0.25, 0.3) is 17.5 Å². The van der Waals surface area contributed by atoms with Crippen molar-refractivity contribution in [2.45, 2.75) is 19.3 Å². The molecule has 2 aromatic rings. The number of nitro benzene ring substituents is 1. The van der Waals surface area contributed by atoms with E-state index >= 15 is 0 Å². The molecule has 0 fully saturated rings. The molecule has 0 radical (unpaired) electrons. The number of fused-ring (bicyclic) bond motifs is 1. The van der Waals surface area contributed by atoms with E-state index in [0.717, 1.165) is 17.0 Å². The minimum atomic E-state index is -0.644. The third-order valence-electron chi connectivity index (χ3n) is 4.62. The smallest absolute Gasteiger partial charge is 0.270 e. The fourth-order valence-corrected chi connectivity index (χ4v) is 3.17. The van der Waals surface area contributed by atoms with Gasteiger partial charge in [-0.15, -0.1) is 0 Å². The molecule has 32 heavy (non-hydrogen) atoms. The number of nitrogens with zero attached hydrogens (tertiary/aromatic N) is 3. The van der Waals surface area contributed by atoms with Crippen LogP contribution in [0.25, 0.3) is 0 Å². The van der Waals surface area contributed by atoms with Crippen LogP contribution >= 0.6 is 0 Å². The van der Waals surface area contributed by atoms with Crippen molar-refractivity contribution in [1.82, 2.24) is 4.90 Å². The first kappa shape index (κ1) is 22.1. The molecule has 0 bridgehead atoms. The van der Waals surface area contributed by atoms with E-state index < -0.39 is 22.6 Å². The fourth-order valence-electron chi connectivity index (χ4n) is 3.17. The van der Waals surface area contributed by atoms with Crippen LogP contribution in [-0.2, 0) is 9.59 Å². The molecule has 0 aromatic heterocycles. The van der Waals surface area contributed by atoms with Crippen LogP contribution in [0, 0.1) is 21.4 Å². The molecule has 0 atom stereocenters. The highest BCUT2D eigenvalue weighted by atomic mass is 16.6. The number of nitriles is 1. The molecule has 2 N–H and O–H groups in total. The zero-order valence-electron chi connectivity index (χ0n) is 16.7. The van der Waals surface area contributed by atoms with E-state index in [2.05, 4.69) is 10.6 Å². The van der Waals surface area contributed by atoms with Gasteiger partial charge in [-0.2, -0.15) is 5.26 Å². The largest absolute Gasteiger partial charge is 0.326 e. The van der Waals surface area contributed by atoms with Gasteiger partial charge in [-0.3, -0.25) is 34.2 Å². The maximum absolute atomic E-state index is 12.4. The van der Waals surface area contributed by atoms with Gasteiger partial charge in [0.05, 0.1) is 22.1 Å². The molecule has 0 aliphatic carbocycles. The van der Waals surface area contributed by atoms with Crippen molar-refractivity contribution in [2.24, 2.45) is 0 Å². The summed E-state index contributed by atoms with van der Waals surface area (Å²) in [5, 5.41) is 24.6. The molecule has 2 aromatic carbocycles. The van der Waals surface area contributed by atoms with Gasteiger partial charge < -0.3 is 10.6 Å². The second kappa shape index (κ2) is 9.48. The lowest BCUT2D eigenvalue weighted by atomic mass is 10.1. The lowest BCUT2D eigenvalue weighted by molar-refractivity contribution is -0.384. The third-order valence-corrected chi connectivity index (χ3v) is 4.62. The van der Waals surface area contributed by atoms with Crippen LogP contribution in [-0.4, -0.2) is 40.0 Å². The molecular formula is C21H17N5O6. The monoisotopic (exact) mass is 435 g/mol. The number of anilines is 2. The van der Waals surface area contributed by atoms with Gasteiger partial charge in [0, 0.05) is 36.5 Å². The molecule has 162 valence electrons. The molecule has 0 spiro atoms. The van der Waals surface area contributed by atoms with Crippen LogP contribution in [0.1, 0.15) is 40.0 Å². The minimum absolute atomic E-state index is 0.0125. The Morgan fingerprint density at radius 1 is 1.00 bits per heavy atom. The minimum Gasteiger partial charge on any atom is -0.326 e. The summed E-state index contributed by atoms with van der Waals surface area (Å²) in [5.74, 6) is -2.02. The van der Waals surface area contributed by atoms with Gasteiger partial charge in [0.2, 0.25) is 11.8 Å². The van der Waals surface area contributed by atoms with Gasteiger partial charge in [-0.05, 0) is 30.7 Å². The number of non-ortho nitro benzene ring substituents is 1. The zero-order chi connectivity index (χ0) is 23.3. The Hall–Kier alpha value is -4.59. The molecular weight excluding hydrogens is 418 g/mol. The number of benzene rings is 2. The second-order valence-electron chi connectivity index (χ2n) is 6.86. The summed E-state index contributed by atoms with van der Waals surface area (Å²) in [5.41, 5.74) is 0.641. The average molecular weight is 435 g/mol. The van der Waals surface area contributed by atoms with E-state index in [1.54, 1.807) is 24.3 Å². The molecule has 0 saturated heterocycles. The first-order valence-electron chi connectivity index (χ1n) is 9.51. The number of hydrogen-bond acceptors (Lipinski definition) is 7. The van der Waals surface area contributed by atoms with Crippen LogP contribution < -0.4 is 10.6 Å². The second-order valence-corrected chi connectivity index (χ2v) is 6.86. The fraction of sp³-hybridized carbons (Fsp3) is 0.190. The first-order valence-corrected chi connectivity index (χ1v) is 9.51. The molecule has 11 nitrogen and oxygen atoms in total. The number of carbonyl (C=O) groups excluding carboxylic acids is 4. The summed E-state index contributed by atoms with van der Waals surface area (Å²) in [6.07, 6.45) is -0.0850. The van der Waals surface area contributed by atoms with Crippen molar-refractivity contribution in [1.29, 1.82) is 5.26 Å². The number of amides is 4. The summed E-state index contributed by atoms with van der Waals surface area (Å²) < 4.78 is 0. The van der Waals surface area contributed by atoms with Crippen molar-refractivity contribution >= 4 is 40.7 Å². The SMILES string of the molecule is N#CCC(=O)Nc1cccc(NC(=O)CCCN2C(=O)c3ccc([N+](=O)[O-])cc3C2=O)c1. The third kappa shape index (κ3) is 4.93. The summed E-state index contributed by atoms with van der Waals surface area (Å²) in [6, 6.07) is 11.6. The van der Waals surface area contributed by atoms with E-state index in [0.29, 0.717) is 11.4 Å². The Kier molecular flexibility index (Phi) is 6.55. The van der Waals surface area contributed by atoms with E-state index in [1.807, 2.05) is 0 Å². The number of hydrogen-bond donors (Lipinski definition) is 2. The normalized spacial score (nSPS) is 12.2. The Labute approximate surface area is 181 Å². The molecule has 0 unspecified atom stereocenters. The van der Waals surface area contributed by atoms with Crippen molar-refractivity contribution in [2.75, 3.05) is 17.2 Å². The Bertz CT molecular complexity index is 1170. The van der Waals surface area contributed by atoms with E-state index in [9.17, 15) is 29.3 Å². The van der Waals surface area contributed by atoms with E-state index in [1.165, 1.54) is 12.1 Å². The molecule has 11 heteroatoms. The van der Waals surface area contributed by atoms with Gasteiger partial charge in [0.1, 0.15) is 6.42 Å². The van der Waals surface area contributed by atoms with Crippen LogP contribution in [0.2, 0.25) is 0 Å².